The molecule has 1 aliphatic heterocycles. The molecule has 1 aromatic rings. The lowest BCUT2D eigenvalue weighted by Gasteiger charge is -2.37. The summed E-state index contributed by atoms with van der Waals surface area (Å²) in [5.41, 5.74) is 1.33. The Morgan fingerprint density at radius 1 is 0.957 bits per heavy atom. The average molecular weight is 337 g/mol. The highest BCUT2D eigenvalue weighted by Crippen LogP contribution is 2.16. The molecule has 1 aromatic carbocycles. The Morgan fingerprint density at radius 3 is 2.04 bits per heavy atom. The van der Waals surface area contributed by atoms with Crippen molar-refractivity contribution in [1.29, 1.82) is 0 Å². The van der Waals surface area contributed by atoms with Crippen molar-refractivity contribution in [3.63, 3.8) is 0 Å². The van der Waals surface area contributed by atoms with Crippen LogP contribution in [-0.4, -0.2) is 47.4 Å². The number of carbonyl (C=O) groups excluding carboxylic acids is 2. The number of benzene rings is 1. The van der Waals surface area contributed by atoms with Crippen molar-refractivity contribution in [2.45, 2.75) is 26.8 Å². The van der Waals surface area contributed by atoms with Crippen LogP contribution in [0.3, 0.4) is 0 Å². The molecule has 1 aliphatic rings. The summed E-state index contributed by atoms with van der Waals surface area (Å²) >= 11 is 0. The number of amides is 2. The van der Waals surface area contributed by atoms with Gasteiger partial charge >= 0.3 is 0 Å². The Morgan fingerprint density at radius 2 is 1.52 bits per heavy atom. The zero-order chi connectivity index (χ0) is 16.0. The molecule has 126 valence electrons. The van der Waals surface area contributed by atoms with E-state index in [-0.39, 0.29) is 24.2 Å². The number of halogens is 1. The number of rotatable bonds is 8. The van der Waals surface area contributed by atoms with Gasteiger partial charge in [0.15, 0.2) is 0 Å². The molecule has 0 N–H and O–H groups in total. The third-order valence-corrected chi connectivity index (χ3v) is 4.62. The third kappa shape index (κ3) is 4.91. The number of nitrogens with zero attached hydrogens (tertiary/aromatic N) is 2. The lowest BCUT2D eigenvalue weighted by Crippen LogP contribution is -3.00. The van der Waals surface area contributed by atoms with E-state index in [1.54, 1.807) is 0 Å². The minimum absolute atomic E-state index is 0. The number of imide groups is 1. The van der Waals surface area contributed by atoms with Crippen molar-refractivity contribution in [2.75, 3.05) is 26.2 Å². The first-order valence-electron chi connectivity index (χ1n) is 8.03. The first kappa shape index (κ1) is 19.4. The summed E-state index contributed by atoms with van der Waals surface area (Å²) in [5, 5.41) is 0. The van der Waals surface area contributed by atoms with Crippen molar-refractivity contribution in [3.05, 3.63) is 48.0 Å². The standard InChI is InChI=1S/C18H25N2O2.ClH/c1-3-20(4-2,15-16-9-6-5-7-10-16)14-8-13-19-17(21)11-12-18(19)22;/h5-7,9-12H,3-4,8,13-15H2,1-2H3;1H/q+1;/p-1. The van der Waals surface area contributed by atoms with Crippen LogP contribution in [0.15, 0.2) is 42.5 Å². The molecule has 4 nitrogen and oxygen atoms in total. The third-order valence-electron chi connectivity index (χ3n) is 4.62. The molecule has 0 bridgehead atoms. The molecular weight excluding hydrogens is 312 g/mol. The van der Waals surface area contributed by atoms with E-state index in [4.69, 9.17) is 0 Å². The fourth-order valence-electron chi connectivity index (χ4n) is 3.03. The van der Waals surface area contributed by atoms with Crippen molar-refractivity contribution in [2.24, 2.45) is 0 Å². The molecular formula is C18H25ClN2O2. The molecule has 0 saturated carbocycles. The Balaban J connectivity index is 0.00000264. The number of hydrogen-bond donors (Lipinski definition) is 0. The summed E-state index contributed by atoms with van der Waals surface area (Å²) in [4.78, 5) is 24.5. The van der Waals surface area contributed by atoms with Crippen LogP contribution in [-0.2, 0) is 16.1 Å². The first-order chi connectivity index (χ1) is 10.6. The number of carbonyl (C=O) groups is 2. The Bertz CT molecular complexity index is 535. The Hall–Kier alpha value is -1.65. The van der Waals surface area contributed by atoms with Crippen LogP contribution in [0.25, 0.3) is 0 Å². The molecule has 1 heterocycles. The SMILES string of the molecule is CC[N+](CC)(CCCN1C(=O)C=CC1=O)Cc1ccccc1.[Cl-]. The van der Waals surface area contributed by atoms with Crippen molar-refractivity contribution >= 4 is 11.8 Å². The second kappa shape index (κ2) is 8.85. The largest absolute Gasteiger partial charge is 1.00 e. The lowest BCUT2D eigenvalue weighted by atomic mass is 10.1. The minimum Gasteiger partial charge on any atom is -1.00 e. The quantitative estimate of drug-likeness (QED) is 0.468. The van der Waals surface area contributed by atoms with Gasteiger partial charge in [0.05, 0.1) is 19.6 Å². The summed E-state index contributed by atoms with van der Waals surface area (Å²) in [6.07, 6.45) is 3.55. The number of quaternary nitrogens is 1. The van der Waals surface area contributed by atoms with Gasteiger partial charge in [-0.2, -0.15) is 0 Å². The highest BCUT2D eigenvalue weighted by atomic mass is 35.5. The number of hydrogen-bond acceptors (Lipinski definition) is 2. The summed E-state index contributed by atoms with van der Waals surface area (Å²) < 4.78 is 0.980. The van der Waals surface area contributed by atoms with Crippen molar-refractivity contribution in [1.82, 2.24) is 4.90 Å². The van der Waals surface area contributed by atoms with E-state index < -0.39 is 0 Å². The topological polar surface area (TPSA) is 37.4 Å². The van der Waals surface area contributed by atoms with Gasteiger partial charge in [-0.05, 0) is 13.8 Å². The second-order valence-electron chi connectivity index (χ2n) is 5.86. The maximum absolute atomic E-state index is 11.6. The van der Waals surface area contributed by atoms with Gasteiger partial charge in [0.2, 0.25) is 0 Å². The van der Waals surface area contributed by atoms with Gasteiger partial charge in [-0.3, -0.25) is 14.5 Å². The van der Waals surface area contributed by atoms with Crippen LogP contribution in [0.1, 0.15) is 25.8 Å². The minimum atomic E-state index is -0.181. The molecule has 2 rings (SSSR count). The molecule has 0 atom stereocenters. The van der Waals surface area contributed by atoms with Gasteiger partial charge in [0.25, 0.3) is 11.8 Å². The van der Waals surface area contributed by atoms with E-state index in [0.29, 0.717) is 6.54 Å². The molecule has 0 saturated heterocycles. The molecule has 23 heavy (non-hydrogen) atoms. The van der Waals surface area contributed by atoms with E-state index in [0.717, 1.165) is 37.1 Å². The monoisotopic (exact) mass is 336 g/mol. The van der Waals surface area contributed by atoms with E-state index in [2.05, 4.69) is 38.1 Å². The smallest absolute Gasteiger partial charge is 0.253 e. The highest BCUT2D eigenvalue weighted by Gasteiger charge is 2.27. The first-order valence-corrected chi connectivity index (χ1v) is 8.03. The van der Waals surface area contributed by atoms with E-state index in [9.17, 15) is 9.59 Å². The average Bonchev–Trinajstić information content (AvgIpc) is 2.86. The van der Waals surface area contributed by atoms with Crippen LogP contribution in [0, 0.1) is 0 Å². The molecule has 2 amide bonds. The fraction of sp³-hybridized carbons (Fsp3) is 0.444. The summed E-state index contributed by atoms with van der Waals surface area (Å²) in [6, 6.07) is 10.5. The molecule has 0 aliphatic carbocycles. The molecule has 0 fully saturated rings. The van der Waals surface area contributed by atoms with Gasteiger partial charge in [0, 0.05) is 30.7 Å². The van der Waals surface area contributed by atoms with Gasteiger partial charge < -0.3 is 16.9 Å². The van der Waals surface area contributed by atoms with Crippen LogP contribution in [0.4, 0.5) is 0 Å². The van der Waals surface area contributed by atoms with Crippen LogP contribution in [0.2, 0.25) is 0 Å². The van der Waals surface area contributed by atoms with Crippen LogP contribution in [0.5, 0.6) is 0 Å². The van der Waals surface area contributed by atoms with Crippen LogP contribution < -0.4 is 12.4 Å². The maximum atomic E-state index is 11.6. The Kier molecular flexibility index (Phi) is 7.46. The van der Waals surface area contributed by atoms with Crippen molar-refractivity contribution in [3.8, 4) is 0 Å². The lowest BCUT2D eigenvalue weighted by molar-refractivity contribution is -0.937. The van der Waals surface area contributed by atoms with Gasteiger partial charge in [-0.1, -0.05) is 30.3 Å². The predicted octanol–water partition coefficient (Wildman–Crippen LogP) is -0.638. The highest BCUT2D eigenvalue weighted by molar-refractivity contribution is 6.12. The summed E-state index contributed by atoms with van der Waals surface area (Å²) in [6.45, 7) is 8.99. The second-order valence-corrected chi connectivity index (χ2v) is 5.86. The molecule has 0 aromatic heterocycles. The molecule has 0 spiro atoms. The predicted molar refractivity (Wildman–Crippen MR) is 86.8 cm³/mol. The normalized spacial score (nSPS) is 14.3. The molecule has 5 heteroatoms. The molecule has 0 unspecified atom stereocenters. The van der Waals surface area contributed by atoms with Gasteiger partial charge in [-0.15, -0.1) is 0 Å². The van der Waals surface area contributed by atoms with Crippen LogP contribution >= 0.6 is 0 Å². The van der Waals surface area contributed by atoms with E-state index >= 15 is 0 Å². The van der Waals surface area contributed by atoms with Crippen molar-refractivity contribution < 1.29 is 26.5 Å². The zero-order valence-corrected chi connectivity index (χ0v) is 14.6. The zero-order valence-electron chi connectivity index (χ0n) is 13.9. The van der Waals surface area contributed by atoms with E-state index in [1.807, 2.05) is 6.07 Å². The fourth-order valence-corrected chi connectivity index (χ4v) is 3.03. The van der Waals surface area contributed by atoms with Gasteiger partial charge in [0.1, 0.15) is 6.54 Å². The van der Waals surface area contributed by atoms with Gasteiger partial charge in [-0.25, -0.2) is 0 Å². The Labute approximate surface area is 144 Å². The summed E-state index contributed by atoms with van der Waals surface area (Å²) in [5.74, 6) is -0.363. The van der Waals surface area contributed by atoms with E-state index in [1.165, 1.54) is 22.6 Å². The molecule has 0 radical (unpaired) electrons. The summed E-state index contributed by atoms with van der Waals surface area (Å²) in [7, 11) is 0. The maximum Gasteiger partial charge on any atom is 0.253 e.